The molecule has 0 aliphatic heterocycles. The summed E-state index contributed by atoms with van der Waals surface area (Å²) < 4.78 is 1.65. The van der Waals surface area contributed by atoms with E-state index in [1.165, 1.54) is 31.0 Å². The molecule has 1 heterocycles. The Labute approximate surface area is 173 Å². The van der Waals surface area contributed by atoms with Gasteiger partial charge < -0.3 is 5.32 Å². The summed E-state index contributed by atoms with van der Waals surface area (Å²) in [6.07, 6.45) is 7.58. The Balaban J connectivity index is 1.28. The molecular formula is C20H24ClN5OS. The van der Waals surface area contributed by atoms with E-state index in [2.05, 4.69) is 20.8 Å². The number of hydrogen-bond donors (Lipinski definition) is 1. The Hall–Kier alpha value is -1.60. The summed E-state index contributed by atoms with van der Waals surface area (Å²) in [6.45, 7) is 1.93. The van der Waals surface area contributed by atoms with Crippen molar-refractivity contribution in [3.8, 4) is 5.69 Å². The number of aromatic nitrogens is 4. The van der Waals surface area contributed by atoms with E-state index in [-0.39, 0.29) is 16.7 Å². The second-order valence-corrected chi connectivity index (χ2v) is 10.5. The smallest absolute Gasteiger partial charge is 0.233 e. The molecule has 2 aromatic rings. The first-order chi connectivity index (χ1) is 13.5. The molecule has 0 radical (unpaired) electrons. The van der Waals surface area contributed by atoms with E-state index in [4.69, 9.17) is 11.6 Å². The van der Waals surface area contributed by atoms with Crippen LogP contribution in [-0.2, 0) is 4.79 Å². The molecule has 148 valence electrons. The molecule has 4 bridgehead atoms. The zero-order valence-electron chi connectivity index (χ0n) is 15.8. The Kier molecular flexibility index (Phi) is 4.62. The highest BCUT2D eigenvalue weighted by Crippen LogP contribution is 2.55. The van der Waals surface area contributed by atoms with Crippen molar-refractivity contribution < 1.29 is 4.79 Å². The van der Waals surface area contributed by atoms with Crippen LogP contribution in [0.4, 0.5) is 0 Å². The van der Waals surface area contributed by atoms with Gasteiger partial charge in [-0.05, 0) is 97.9 Å². The molecule has 6 rings (SSSR count). The number of nitrogens with zero attached hydrogens (tertiary/aromatic N) is 4. The average molecular weight is 418 g/mol. The van der Waals surface area contributed by atoms with E-state index in [9.17, 15) is 4.79 Å². The van der Waals surface area contributed by atoms with Gasteiger partial charge in [-0.15, -0.1) is 5.10 Å². The van der Waals surface area contributed by atoms with Crippen LogP contribution in [0.2, 0.25) is 5.02 Å². The predicted molar refractivity (Wildman–Crippen MR) is 109 cm³/mol. The molecule has 4 saturated carbocycles. The van der Waals surface area contributed by atoms with Gasteiger partial charge >= 0.3 is 0 Å². The fourth-order valence-electron chi connectivity index (χ4n) is 5.84. The zero-order chi connectivity index (χ0) is 19.3. The molecule has 0 saturated heterocycles. The van der Waals surface area contributed by atoms with E-state index < -0.39 is 0 Å². The topological polar surface area (TPSA) is 72.7 Å². The average Bonchev–Trinajstić information content (AvgIpc) is 3.09. The number of hydrogen-bond acceptors (Lipinski definition) is 5. The summed E-state index contributed by atoms with van der Waals surface area (Å²) in [4.78, 5) is 13.0. The van der Waals surface area contributed by atoms with Gasteiger partial charge in [0.25, 0.3) is 0 Å². The summed E-state index contributed by atoms with van der Waals surface area (Å²) in [5, 5.41) is 16.4. The van der Waals surface area contributed by atoms with Crippen LogP contribution in [0.3, 0.4) is 0 Å². The molecular weight excluding hydrogens is 394 g/mol. The van der Waals surface area contributed by atoms with E-state index in [1.807, 2.05) is 19.1 Å². The Morgan fingerprint density at radius 2 is 1.79 bits per heavy atom. The molecule has 1 aromatic heterocycles. The van der Waals surface area contributed by atoms with Gasteiger partial charge in [-0.2, -0.15) is 4.68 Å². The van der Waals surface area contributed by atoms with Crippen LogP contribution in [0.5, 0.6) is 0 Å². The summed E-state index contributed by atoms with van der Waals surface area (Å²) in [5.74, 6) is 2.53. The van der Waals surface area contributed by atoms with E-state index >= 15 is 0 Å². The van der Waals surface area contributed by atoms with Gasteiger partial charge in [-0.1, -0.05) is 23.4 Å². The minimum absolute atomic E-state index is 0.0305. The second kappa shape index (κ2) is 7.02. The van der Waals surface area contributed by atoms with Gasteiger partial charge in [-0.25, -0.2) is 0 Å². The van der Waals surface area contributed by atoms with Crippen molar-refractivity contribution in [1.29, 1.82) is 0 Å². The Morgan fingerprint density at radius 3 is 2.39 bits per heavy atom. The number of carbonyl (C=O) groups excluding carboxylic acids is 1. The fraction of sp³-hybridized carbons (Fsp3) is 0.600. The van der Waals surface area contributed by atoms with Crippen LogP contribution in [0.15, 0.2) is 29.4 Å². The molecule has 4 aliphatic carbocycles. The van der Waals surface area contributed by atoms with E-state index in [0.717, 1.165) is 42.7 Å². The minimum Gasteiger partial charge on any atom is -0.350 e. The number of thioether (sulfide) groups is 1. The van der Waals surface area contributed by atoms with Crippen LogP contribution in [0.1, 0.15) is 45.4 Å². The quantitative estimate of drug-likeness (QED) is 0.747. The highest BCUT2D eigenvalue weighted by Gasteiger charge is 2.51. The van der Waals surface area contributed by atoms with E-state index in [0.29, 0.717) is 10.2 Å². The van der Waals surface area contributed by atoms with E-state index in [1.54, 1.807) is 16.8 Å². The Bertz CT molecular complexity index is 848. The molecule has 0 spiro atoms. The largest absolute Gasteiger partial charge is 0.350 e. The third-order valence-corrected chi connectivity index (χ3v) is 7.88. The maximum absolute atomic E-state index is 13.0. The van der Waals surface area contributed by atoms with Crippen molar-refractivity contribution in [2.75, 3.05) is 0 Å². The number of carbonyl (C=O) groups is 1. The molecule has 1 amide bonds. The van der Waals surface area contributed by atoms with Gasteiger partial charge in [0.15, 0.2) is 0 Å². The van der Waals surface area contributed by atoms with Gasteiger partial charge in [0.1, 0.15) is 0 Å². The van der Waals surface area contributed by atoms with Crippen LogP contribution in [0.25, 0.3) is 5.69 Å². The SMILES string of the molecule is CC(Sc1nnnn1-c1ccc(Cl)cc1)C(=O)NC12CC3CC(CC(C3)C1)C2. The number of halogens is 1. The maximum Gasteiger partial charge on any atom is 0.233 e. The molecule has 1 atom stereocenters. The van der Waals surface area contributed by atoms with Crippen LogP contribution in [-0.4, -0.2) is 36.9 Å². The molecule has 28 heavy (non-hydrogen) atoms. The van der Waals surface area contributed by atoms with Crippen LogP contribution >= 0.6 is 23.4 Å². The molecule has 1 unspecified atom stereocenters. The lowest BCUT2D eigenvalue weighted by molar-refractivity contribution is -0.126. The molecule has 8 heteroatoms. The molecule has 1 N–H and O–H groups in total. The van der Waals surface area contributed by atoms with Crippen LogP contribution < -0.4 is 5.32 Å². The second-order valence-electron chi connectivity index (χ2n) is 8.80. The lowest BCUT2D eigenvalue weighted by Crippen LogP contribution is -2.60. The van der Waals surface area contributed by atoms with Crippen LogP contribution in [0, 0.1) is 17.8 Å². The predicted octanol–water partition coefficient (Wildman–Crippen LogP) is 3.88. The normalized spacial score (nSPS) is 31.7. The standard InChI is InChI=1S/C20H24ClN5OS/c1-12(28-19-23-24-25-26(19)17-4-2-16(21)3-5-17)18(27)22-20-9-13-6-14(10-20)8-15(7-13)11-20/h2-5,12-15H,6-11H2,1H3,(H,22,27). The number of amides is 1. The molecule has 6 nitrogen and oxygen atoms in total. The first kappa shape index (κ1) is 18.4. The fourth-order valence-corrected chi connectivity index (χ4v) is 6.77. The number of nitrogens with one attached hydrogen (secondary N) is 1. The minimum atomic E-state index is -0.259. The summed E-state index contributed by atoms with van der Waals surface area (Å²) in [7, 11) is 0. The monoisotopic (exact) mass is 417 g/mol. The van der Waals surface area contributed by atoms with Crippen molar-refractivity contribution in [3.05, 3.63) is 29.3 Å². The zero-order valence-corrected chi connectivity index (χ0v) is 17.4. The van der Waals surface area contributed by atoms with Gasteiger partial charge in [0.05, 0.1) is 10.9 Å². The van der Waals surface area contributed by atoms with Crippen molar-refractivity contribution in [3.63, 3.8) is 0 Å². The summed E-state index contributed by atoms with van der Waals surface area (Å²) >= 11 is 7.36. The van der Waals surface area contributed by atoms with Gasteiger partial charge in [0.2, 0.25) is 11.1 Å². The van der Waals surface area contributed by atoms with Crippen molar-refractivity contribution in [1.82, 2.24) is 25.5 Å². The third-order valence-electron chi connectivity index (χ3n) is 6.59. The number of rotatable bonds is 5. The maximum atomic E-state index is 13.0. The van der Waals surface area contributed by atoms with Crippen molar-refractivity contribution in [2.45, 2.75) is 61.4 Å². The third kappa shape index (κ3) is 3.43. The number of tetrazole rings is 1. The molecule has 4 fully saturated rings. The molecule has 4 aliphatic rings. The van der Waals surface area contributed by atoms with Gasteiger partial charge in [-0.3, -0.25) is 4.79 Å². The van der Waals surface area contributed by atoms with Gasteiger partial charge in [0, 0.05) is 10.6 Å². The highest BCUT2D eigenvalue weighted by molar-refractivity contribution is 8.00. The first-order valence-corrected chi connectivity index (χ1v) is 11.3. The summed E-state index contributed by atoms with van der Waals surface area (Å²) in [5.41, 5.74) is 0.855. The Morgan fingerprint density at radius 1 is 1.18 bits per heavy atom. The lowest BCUT2D eigenvalue weighted by Gasteiger charge is -2.57. The number of benzene rings is 1. The van der Waals surface area contributed by atoms with Crippen molar-refractivity contribution >= 4 is 29.3 Å². The molecule has 1 aromatic carbocycles. The highest BCUT2D eigenvalue weighted by atomic mass is 35.5. The lowest BCUT2D eigenvalue weighted by atomic mass is 9.53. The first-order valence-electron chi connectivity index (χ1n) is 10.0. The van der Waals surface area contributed by atoms with Crippen molar-refractivity contribution in [2.24, 2.45) is 17.8 Å². The summed E-state index contributed by atoms with van der Waals surface area (Å²) in [6, 6.07) is 7.33.